The van der Waals surface area contributed by atoms with Crippen LogP contribution in [-0.4, -0.2) is 30.0 Å². The molecule has 0 bridgehead atoms. The third-order valence-electron chi connectivity index (χ3n) is 1.72. The number of hydrogen-bond acceptors (Lipinski definition) is 4. The molecule has 1 N–H and O–H groups in total. The quantitative estimate of drug-likeness (QED) is 0.760. The molecule has 0 aliphatic rings. The summed E-state index contributed by atoms with van der Waals surface area (Å²) in [6.45, 7) is 1.61. The molecule has 6 heteroatoms. The first-order valence-electron chi connectivity index (χ1n) is 4.68. The summed E-state index contributed by atoms with van der Waals surface area (Å²) in [7, 11) is 0. The van der Waals surface area contributed by atoms with Crippen molar-refractivity contribution in [2.75, 3.05) is 13.2 Å². The van der Waals surface area contributed by atoms with Crippen molar-refractivity contribution in [1.82, 2.24) is 10.3 Å². The second-order valence-corrected chi connectivity index (χ2v) is 2.84. The number of amides is 1. The molecule has 0 radical (unpaired) electrons. The molecule has 16 heavy (non-hydrogen) atoms. The van der Waals surface area contributed by atoms with Gasteiger partial charge in [0, 0.05) is 6.20 Å². The molecule has 0 saturated carbocycles. The first-order chi connectivity index (χ1) is 7.65. The van der Waals surface area contributed by atoms with E-state index in [1.807, 2.05) is 0 Å². The van der Waals surface area contributed by atoms with Gasteiger partial charge in [0.1, 0.15) is 6.54 Å². The second-order valence-electron chi connectivity index (χ2n) is 2.84. The van der Waals surface area contributed by atoms with E-state index < -0.39 is 17.7 Å². The average Bonchev–Trinajstić information content (AvgIpc) is 2.27. The topological polar surface area (TPSA) is 68.3 Å². The first-order valence-corrected chi connectivity index (χ1v) is 4.68. The number of halogens is 1. The Kier molecular flexibility index (Phi) is 4.38. The zero-order valence-corrected chi connectivity index (χ0v) is 8.70. The Bertz CT molecular complexity index is 395. The van der Waals surface area contributed by atoms with Gasteiger partial charge in [0.2, 0.25) is 0 Å². The molecule has 1 aromatic heterocycles. The fourth-order valence-electron chi connectivity index (χ4n) is 1.02. The summed E-state index contributed by atoms with van der Waals surface area (Å²) >= 11 is 0. The lowest BCUT2D eigenvalue weighted by atomic mass is 10.2. The zero-order chi connectivity index (χ0) is 12.0. The number of nitrogens with zero attached hydrogens (tertiary/aromatic N) is 1. The molecule has 0 aromatic carbocycles. The summed E-state index contributed by atoms with van der Waals surface area (Å²) in [5.74, 6) is -1.97. The average molecular weight is 226 g/mol. The van der Waals surface area contributed by atoms with Gasteiger partial charge in [-0.25, -0.2) is 4.39 Å². The smallest absolute Gasteiger partial charge is 0.325 e. The number of carbonyl (C=O) groups excluding carboxylic acids is 2. The van der Waals surface area contributed by atoms with Crippen molar-refractivity contribution >= 4 is 11.9 Å². The van der Waals surface area contributed by atoms with Crippen LogP contribution in [0.2, 0.25) is 0 Å². The van der Waals surface area contributed by atoms with Crippen LogP contribution < -0.4 is 5.32 Å². The number of ether oxygens (including phenoxy) is 1. The molecule has 1 heterocycles. The summed E-state index contributed by atoms with van der Waals surface area (Å²) in [4.78, 5) is 25.8. The summed E-state index contributed by atoms with van der Waals surface area (Å²) in [5.41, 5.74) is -0.153. The highest BCUT2D eigenvalue weighted by molar-refractivity contribution is 5.95. The lowest BCUT2D eigenvalue weighted by molar-refractivity contribution is -0.141. The Hall–Kier alpha value is -1.98. The van der Waals surface area contributed by atoms with Crippen LogP contribution in [0.3, 0.4) is 0 Å². The number of aromatic nitrogens is 1. The lowest BCUT2D eigenvalue weighted by Gasteiger charge is -2.05. The number of hydrogen-bond donors (Lipinski definition) is 1. The molecule has 1 amide bonds. The maximum Gasteiger partial charge on any atom is 0.325 e. The van der Waals surface area contributed by atoms with E-state index in [1.54, 1.807) is 6.92 Å². The molecule has 0 aliphatic heterocycles. The van der Waals surface area contributed by atoms with Crippen LogP contribution in [0, 0.1) is 5.82 Å². The van der Waals surface area contributed by atoms with Crippen molar-refractivity contribution in [2.45, 2.75) is 6.92 Å². The van der Waals surface area contributed by atoms with Gasteiger partial charge in [0.05, 0.1) is 18.4 Å². The Morgan fingerprint density at radius 2 is 2.31 bits per heavy atom. The van der Waals surface area contributed by atoms with Crippen molar-refractivity contribution in [3.8, 4) is 0 Å². The van der Waals surface area contributed by atoms with E-state index in [9.17, 15) is 14.0 Å². The van der Waals surface area contributed by atoms with Crippen molar-refractivity contribution < 1.29 is 18.7 Å². The Morgan fingerprint density at radius 3 is 2.94 bits per heavy atom. The van der Waals surface area contributed by atoms with Crippen LogP contribution in [0.1, 0.15) is 17.3 Å². The number of esters is 1. The van der Waals surface area contributed by atoms with Gasteiger partial charge in [0.15, 0.2) is 5.82 Å². The fraction of sp³-hybridized carbons (Fsp3) is 0.300. The molecule has 5 nitrogen and oxygen atoms in total. The number of carbonyl (C=O) groups is 2. The third-order valence-corrected chi connectivity index (χ3v) is 1.72. The predicted molar refractivity (Wildman–Crippen MR) is 53.2 cm³/mol. The van der Waals surface area contributed by atoms with E-state index in [4.69, 9.17) is 0 Å². The molecular weight excluding hydrogens is 215 g/mol. The van der Waals surface area contributed by atoms with Crippen molar-refractivity contribution in [3.63, 3.8) is 0 Å². The van der Waals surface area contributed by atoms with E-state index in [0.717, 1.165) is 6.20 Å². The van der Waals surface area contributed by atoms with E-state index >= 15 is 0 Å². The van der Waals surface area contributed by atoms with Gasteiger partial charge in [-0.05, 0) is 13.0 Å². The van der Waals surface area contributed by atoms with Crippen LogP contribution in [0.15, 0.2) is 18.5 Å². The molecule has 0 spiro atoms. The van der Waals surface area contributed by atoms with Gasteiger partial charge in [-0.3, -0.25) is 14.6 Å². The summed E-state index contributed by atoms with van der Waals surface area (Å²) in [6, 6.07) is 1.23. The molecule has 1 aromatic rings. The van der Waals surface area contributed by atoms with Crippen molar-refractivity contribution in [3.05, 3.63) is 29.8 Å². The highest BCUT2D eigenvalue weighted by Gasteiger charge is 2.12. The molecule has 0 saturated heterocycles. The zero-order valence-electron chi connectivity index (χ0n) is 8.70. The standard InChI is InChI=1S/C10H11FN2O3/c1-2-16-9(14)6-13-10(15)7-3-4-12-5-8(7)11/h3-5H,2,6H2,1H3,(H,13,15). The molecule has 0 fully saturated rings. The van der Waals surface area contributed by atoms with Gasteiger partial charge in [-0.15, -0.1) is 0 Å². The van der Waals surface area contributed by atoms with Gasteiger partial charge in [0.25, 0.3) is 5.91 Å². The third kappa shape index (κ3) is 3.30. The van der Waals surface area contributed by atoms with Crippen molar-refractivity contribution in [2.24, 2.45) is 0 Å². The highest BCUT2D eigenvalue weighted by Crippen LogP contribution is 2.03. The van der Waals surface area contributed by atoms with Crippen LogP contribution in [0.25, 0.3) is 0 Å². The van der Waals surface area contributed by atoms with E-state index in [1.165, 1.54) is 12.3 Å². The second kappa shape index (κ2) is 5.79. The van der Waals surface area contributed by atoms with Gasteiger partial charge < -0.3 is 10.1 Å². The minimum Gasteiger partial charge on any atom is -0.465 e. The Balaban J connectivity index is 2.54. The molecule has 0 aliphatic carbocycles. The number of pyridine rings is 1. The normalized spacial score (nSPS) is 9.62. The van der Waals surface area contributed by atoms with E-state index in [2.05, 4.69) is 15.0 Å². The molecule has 0 unspecified atom stereocenters. The van der Waals surface area contributed by atoms with Gasteiger partial charge in [-0.2, -0.15) is 0 Å². The maximum atomic E-state index is 13.1. The monoisotopic (exact) mass is 226 g/mol. The van der Waals surface area contributed by atoms with Crippen LogP contribution >= 0.6 is 0 Å². The molecule has 0 atom stereocenters. The number of nitrogens with one attached hydrogen (secondary N) is 1. The minimum atomic E-state index is -0.733. The fourth-order valence-corrected chi connectivity index (χ4v) is 1.02. The van der Waals surface area contributed by atoms with Crippen molar-refractivity contribution in [1.29, 1.82) is 0 Å². The summed E-state index contributed by atoms with van der Waals surface area (Å²) in [5, 5.41) is 2.24. The highest BCUT2D eigenvalue weighted by atomic mass is 19.1. The van der Waals surface area contributed by atoms with E-state index in [-0.39, 0.29) is 18.7 Å². The van der Waals surface area contributed by atoms with Gasteiger partial charge in [-0.1, -0.05) is 0 Å². The molecular formula is C10H11FN2O3. The van der Waals surface area contributed by atoms with Crippen LogP contribution in [-0.2, 0) is 9.53 Å². The minimum absolute atomic E-state index is 0.153. The van der Waals surface area contributed by atoms with Crippen LogP contribution in [0.5, 0.6) is 0 Å². The Morgan fingerprint density at radius 1 is 1.56 bits per heavy atom. The van der Waals surface area contributed by atoms with E-state index in [0.29, 0.717) is 0 Å². The number of rotatable bonds is 4. The predicted octanol–water partition coefficient (Wildman–Crippen LogP) is 0.514. The van der Waals surface area contributed by atoms with Crippen LogP contribution in [0.4, 0.5) is 4.39 Å². The SMILES string of the molecule is CCOC(=O)CNC(=O)c1ccncc1F. The molecule has 86 valence electrons. The largest absolute Gasteiger partial charge is 0.465 e. The lowest BCUT2D eigenvalue weighted by Crippen LogP contribution is -2.31. The summed E-state index contributed by atoms with van der Waals surface area (Å²) in [6.07, 6.45) is 2.22. The molecule has 1 rings (SSSR count). The summed E-state index contributed by atoms with van der Waals surface area (Å²) < 4.78 is 17.7. The Labute approximate surface area is 91.6 Å². The first kappa shape index (κ1) is 12.1. The van der Waals surface area contributed by atoms with Gasteiger partial charge >= 0.3 is 5.97 Å². The maximum absolute atomic E-state index is 13.1.